The Morgan fingerprint density at radius 2 is 2.04 bits per heavy atom. The maximum Gasteiger partial charge on any atom is 0.278 e. The summed E-state index contributed by atoms with van der Waals surface area (Å²) in [5.41, 5.74) is 1.66. The molecule has 2 aromatic heterocycles. The van der Waals surface area contributed by atoms with E-state index in [1.807, 2.05) is 29.2 Å². The van der Waals surface area contributed by atoms with Crippen LogP contribution in [0.2, 0.25) is 0 Å². The van der Waals surface area contributed by atoms with Gasteiger partial charge in [0.25, 0.3) is 17.7 Å². The first-order chi connectivity index (χ1) is 12.8. The zero-order valence-corrected chi connectivity index (χ0v) is 14.5. The number of likely N-dealkylation sites (tertiary alicyclic amines) is 1. The first-order valence-corrected chi connectivity index (χ1v) is 8.63. The lowest BCUT2D eigenvalue weighted by Crippen LogP contribution is -2.44. The maximum absolute atomic E-state index is 13.0. The molecule has 1 aliphatic heterocycles. The van der Waals surface area contributed by atoms with Gasteiger partial charge in [-0.05, 0) is 18.9 Å². The van der Waals surface area contributed by atoms with Crippen LogP contribution >= 0.6 is 0 Å². The van der Waals surface area contributed by atoms with Crippen molar-refractivity contribution in [2.45, 2.75) is 18.9 Å². The first-order valence-electron chi connectivity index (χ1n) is 8.63. The number of fused-ring (bicyclic) bond motifs is 1. The number of hydrogen-bond donors (Lipinski definition) is 1. The van der Waals surface area contributed by atoms with Gasteiger partial charge in [-0.3, -0.25) is 4.79 Å². The minimum absolute atomic E-state index is 0.0156. The number of nitrogens with one attached hydrogen (secondary N) is 1. The van der Waals surface area contributed by atoms with E-state index in [4.69, 9.17) is 9.47 Å². The Kier molecular flexibility index (Phi) is 4.43. The molecule has 1 amide bonds. The SMILES string of the molecule is COc1nccnc1OC1CCCN(C(=O)c2c[nH]c3ccccc23)C1. The molecule has 7 nitrogen and oxygen atoms in total. The van der Waals surface area contributed by atoms with E-state index in [9.17, 15) is 4.79 Å². The predicted molar refractivity (Wildman–Crippen MR) is 96.4 cm³/mol. The summed E-state index contributed by atoms with van der Waals surface area (Å²) in [6, 6.07) is 7.82. The van der Waals surface area contributed by atoms with Crippen molar-refractivity contribution in [2.24, 2.45) is 0 Å². The van der Waals surface area contributed by atoms with Crippen molar-refractivity contribution in [3.8, 4) is 11.8 Å². The number of amides is 1. The molecule has 1 unspecified atom stereocenters. The van der Waals surface area contributed by atoms with Crippen LogP contribution in [0.1, 0.15) is 23.2 Å². The molecular weight excluding hydrogens is 332 g/mol. The molecule has 0 bridgehead atoms. The van der Waals surface area contributed by atoms with E-state index >= 15 is 0 Å². The smallest absolute Gasteiger partial charge is 0.278 e. The fourth-order valence-corrected chi connectivity index (χ4v) is 3.33. The predicted octanol–water partition coefficient (Wildman–Crippen LogP) is 2.65. The number of aromatic nitrogens is 3. The number of ether oxygens (including phenoxy) is 2. The van der Waals surface area contributed by atoms with Gasteiger partial charge in [-0.15, -0.1) is 0 Å². The van der Waals surface area contributed by atoms with Crippen molar-refractivity contribution in [2.75, 3.05) is 20.2 Å². The van der Waals surface area contributed by atoms with Crippen LogP contribution in [-0.2, 0) is 0 Å². The van der Waals surface area contributed by atoms with Crippen molar-refractivity contribution in [1.29, 1.82) is 0 Å². The molecule has 1 N–H and O–H groups in total. The number of hydrogen-bond acceptors (Lipinski definition) is 5. The molecule has 3 aromatic rings. The van der Waals surface area contributed by atoms with Gasteiger partial charge in [0.05, 0.1) is 19.2 Å². The molecule has 1 aliphatic rings. The molecule has 0 spiro atoms. The fraction of sp³-hybridized carbons (Fsp3) is 0.316. The number of para-hydroxylation sites is 1. The second-order valence-corrected chi connectivity index (χ2v) is 6.25. The third kappa shape index (κ3) is 3.08. The number of nitrogens with zero attached hydrogens (tertiary/aromatic N) is 3. The third-order valence-corrected chi connectivity index (χ3v) is 4.59. The number of carbonyl (C=O) groups excluding carboxylic acids is 1. The number of methoxy groups -OCH3 is 1. The van der Waals surface area contributed by atoms with Crippen LogP contribution in [0.15, 0.2) is 42.9 Å². The van der Waals surface area contributed by atoms with Crippen LogP contribution in [0.25, 0.3) is 10.9 Å². The summed E-state index contributed by atoms with van der Waals surface area (Å²) in [5, 5.41) is 0.941. The molecule has 134 valence electrons. The molecule has 0 saturated carbocycles. The molecule has 1 fully saturated rings. The van der Waals surface area contributed by atoms with Crippen LogP contribution < -0.4 is 9.47 Å². The highest BCUT2D eigenvalue weighted by Crippen LogP contribution is 2.25. The van der Waals surface area contributed by atoms with Gasteiger partial charge in [0.15, 0.2) is 0 Å². The van der Waals surface area contributed by atoms with E-state index in [1.54, 1.807) is 18.6 Å². The second-order valence-electron chi connectivity index (χ2n) is 6.25. The highest BCUT2D eigenvalue weighted by molar-refractivity contribution is 6.06. The minimum Gasteiger partial charge on any atom is -0.477 e. The van der Waals surface area contributed by atoms with Crippen molar-refractivity contribution in [1.82, 2.24) is 19.9 Å². The summed E-state index contributed by atoms with van der Waals surface area (Å²) in [6.45, 7) is 1.23. The zero-order valence-electron chi connectivity index (χ0n) is 14.5. The topological polar surface area (TPSA) is 80.3 Å². The van der Waals surface area contributed by atoms with Crippen molar-refractivity contribution in [3.63, 3.8) is 0 Å². The zero-order chi connectivity index (χ0) is 17.9. The van der Waals surface area contributed by atoms with Crippen LogP contribution in [0, 0.1) is 0 Å². The molecule has 1 aromatic carbocycles. The van der Waals surface area contributed by atoms with E-state index in [1.165, 1.54) is 7.11 Å². The lowest BCUT2D eigenvalue weighted by molar-refractivity contribution is 0.0521. The van der Waals surface area contributed by atoms with Crippen LogP contribution in [0.4, 0.5) is 0 Å². The van der Waals surface area contributed by atoms with Gasteiger partial charge in [-0.25, -0.2) is 9.97 Å². The number of aromatic amines is 1. The second kappa shape index (κ2) is 7.03. The largest absolute Gasteiger partial charge is 0.477 e. The van der Waals surface area contributed by atoms with Gasteiger partial charge in [0, 0.05) is 36.0 Å². The molecule has 1 saturated heterocycles. The molecule has 0 radical (unpaired) electrons. The van der Waals surface area contributed by atoms with Crippen LogP contribution in [-0.4, -0.2) is 52.1 Å². The normalized spacial score (nSPS) is 17.3. The van der Waals surface area contributed by atoms with E-state index in [0.717, 1.165) is 30.3 Å². The molecular formula is C19H20N4O3. The highest BCUT2D eigenvalue weighted by Gasteiger charge is 2.28. The van der Waals surface area contributed by atoms with Crippen molar-refractivity contribution < 1.29 is 14.3 Å². The molecule has 7 heteroatoms. The number of piperidine rings is 1. The Morgan fingerprint density at radius 1 is 1.23 bits per heavy atom. The number of rotatable bonds is 4. The fourth-order valence-electron chi connectivity index (χ4n) is 3.33. The quantitative estimate of drug-likeness (QED) is 0.781. The van der Waals surface area contributed by atoms with Crippen LogP contribution in [0.5, 0.6) is 11.8 Å². The number of carbonyl (C=O) groups is 1. The molecule has 1 atom stereocenters. The standard InChI is InChI=1S/C19H20N4O3/c1-25-17-18(21-9-8-20-17)26-13-5-4-10-23(12-13)19(24)15-11-22-16-7-3-2-6-14(15)16/h2-3,6-9,11,13,22H,4-5,10,12H2,1H3. The van der Waals surface area contributed by atoms with E-state index < -0.39 is 0 Å². The lowest BCUT2D eigenvalue weighted by atomic mass is 10.1. The first kappa shape index (κ1) is 16.4. The Balaban J connectivity index is 1.50. The summed E-state index contributed by atoms with van der Waals surface area (Å²) in [6.07, 6.45) is 6.50. The van der Waals surface area contributed by atoms with Gasteiger partial charge in [-0.2, -0.15) is 0 Å². The Labute approximate surface area is 151 Å². The highest BCUT2D eigenvalue weighted by atomic mass is 16.5. The minimum atomic E-state index is -0.136. The average molecular weight is 352 g/mol. The van der Waals surface area contributed by atoms with Gasteiger partial charge >= 0.3 is 0 Å². The van der Waals surface area contributed by atoms with Gasteiger partial charge in [0.1, 0.15) is 6.10 Å². The molecule has 26 heavy (non-hydrogen) atoms. The summed E-state index contributed by atoms with van der Waals surface area (Å²) in [7, 11) is 1.53. The molecule has 0 aliphatic carbocycles. The number of benzene rings is 1. The monoisotopic (exact) mass is 352 g/mol. The van der Waals surface area contributed by atoms with Gasteiger partial charge < -0.3 is 19.4 Å². The van der Waals surface area contributed by atoms with Crippen molar-refractivity contribution in [3.05, 3.63) is 48.4 Å². The Morgan fingerprint density at radius 3 is 2.88 bits per heavy atom. The molecule has 4 rings (SSSR count). The van der Waals surface area contributed by atoms with Crippen molar-refractivity contribution >= 4 is 16.8 Å². The van der Waals surface area contributed by atoms with Crippen LogP contribution in [0.3, 0.4) is 0 Å². The maximum atomic E-state index is 13.0. The Bertz CT molecular complexity index is 924. The summed E-state index contributed by atoms with van der Waals surface area (Å²) >= 11 is 0. The van der Waals surface area contributed by atoms with Gasteiger partial charge in [0.2, 0.25) is 0 Å². The molecule has 3 heterocycles. The Hall–Kier alpha value is -3.09. The van der Waals surface area contributed by atoms with E-state index in [2.05, 4.69) is 15.0 Å². The van der Waals surface area contributed by atoms with E-state index in [0.29, 0.717) is 23.9 Å². The lowest BCUT2D eigenvalue weighted by Gasteiger charge is -2.32. The summed E-state index contributed by atoms with van der Waals surface area (Å²) in [4.78, 5) is 26.3. The third-order valence-electron chi connectivity index (χ3n) is 4.59. The number of H-pyrrole nitrogens is 1. The van der Waals surface area contributed by atoms with E-state index in [-0.39, 0.29) is 12.0 Å². The summed E-state index contributed by atoms with van der Waals surface area (Å²) in [5.74, 6) is 0.732. The summed E-state index contributed by atoms with van der Waals surface area (Å²) < 4.78 is 11.1. The average Bonchev–Trinajstić information content (AvgIpc) is 3.12. The van der Waals surface area contributed by atoms with Gasteiger partial charge in [-0.1, -0.05) is 18.2 Å².